The fourth-order valence-electron chi connectivity index (χ4n) is 2.81. The number of aryl methyl sites for hydroxylation is 1. The molecule has 2 aromatic heterocycles. The van der Waals surface area contributed by atoms with Crippen LogP contribution < -0.4 is 10.9 Å². The summed E-state index contributed by atoms with van der Waals surface area (Å²) < 4.78 is 27.5. The standard InChI is InChI=1S/C19H15BrN4O3S/c1-12-2-5-15(6-3-12)28(26,27)24-9-8-13-10-14(4-7-17(13)24)22-19-21-11-16(20)18(25)23-19/h2-11H,1H3,(H2,21,22,23,25). The number of nitrogens with zero attached hydrogens (tertiary/aromatic N) is 2. The summed E-state index contributed by atoms with van der Waals surface area (Å²) in [4.78, 5) is 18.6. The predicted molar refractivity (Wildman–Crippen MR) is 112 cm³/mol. The molecule has 2 heterocycles. The lowest BCUT2D eigenvalue weighted by Gasteiger charge is -2.09. The van der Waals surface area contributed by atoms with Crippen molar-refractivity contribution in [3.05, 3.63) is 81.3 Å². The van der Waals surface area contributed by atoms with E-state index >= 15 is 0 Å². The third-order valence-electron chi connectivity index (χ3n) is 4.25. The maximum absolute atomic E-state index is 13.0. The normalized spacial score (nSPS) is 11.6. The third-order valence-corrected chi connectivity index (χ3v) is 6.52. The number of aromatic amines is 1. The van der Waals surface area contributed by atoms with E-state index < -0.39 is 10.0 Å². The second-order valence-corrected chi connectivity index (χ2v) is 8.91. The molecule has 0 saturated heterocycles. The molecule has 0 aliphatic rings. The number of rotatable bonds is 4. The maximum atomic E-state index is 13.0. The molecule has 28 heavy (non-hydrogen) atoms. The Hall–Kier alpha value is -2.91. The lowest BCUT2D eigenvalue weighted by molar-refractivity contribution is 0.589. The fourth-order valence-corrected chi connectivity index (χ4v) is 4.36. The van der Waals surface area contributed by atoms with Crippen LogP contribution in [0.15, 0.2) is 75.1 Å². The van der Waals surface area contributed by atoms with Gasteiger partial charge in [-0.05, 0) is 59.3 Å². The van der Waals surface area contributed by atoms with E-state index in [0.29, 0.717) is 21.6 Å². The van der Waals surface area contributed by atoms with Crippen LogP contribution in [0, 0.1) is 6.92 Å². The molecular weight excluding hydrogens is 444 g/mol. The summed E-state index contributed by atoms with van der Waals surface area (Å²) in [6.45, 7) is 1.91. The molecule has 4 rings (SSSR count). The molecule has 2 aromatic carbocycles. The van der Waals surface area contributed by atoms with E-state index in [1.54, 1.807) is 48.5 Å². The third kappa shape index (κ3) is 3.34. The van der Waals surface area contributed by atoms with Gasteiger partial charge in [0.25, 0.3) is 15.6 Å². The Bertz CT molecular complexity index is 1340. The average Bonchev–Trinajstić information content (AvgIpc) is 3.09. The van der Waals surface area contributed by atoms with Gasteiger partial charge in [-0.1, -0.05) is 17.7 Å². The van der Waals surface area contributed by atoms with E-state index in [-0.39, 0.29) is 10.5 Å². The van der Waals surface area contributed by atoms with Gasteiger partial charge in [-0.15, -0.1) is 0 Å². The van der Waals surface area contributed by atoms with Crippen LogP contribution in [0.5, 0.6) is 0 Å². The van der Waals surface area contributed by atoms with Gasteiger partial charge in [0.05, 0.1) is 16.6 Å². The summed E-state index contributed by atoms with van der Waals surface area (Å²) in [7, 11) is -3.69. The Morgan fingerprint density at radius 2 is 1.86 bits per heavy atom. The summed E-state index contributed by atoms with van der Waals surface area (Å²) in [5.74, 6) is 0.291. The molecule has 0 amide bonds. The second kappa shape index (κ2) is 6.92. The number of H-pyrrole nitrogens is 1. The highest BCUT2D eigenvalue weighted by Gasteiger charge is 2.18. The molecule has 142 valence electrons. The molecule has 9 heteroatoms. The van der Waals surface area contributed by atoms with Crippen molar-refractivity contribution < 1.29 is 8.42 Å². The van der Waals surface area contributed by atoms with E-state index in [1.807, 2.05) is 6.92 Å². The number of halogens is 1. The average molecular weight is 459 g/mol. The Labute approximate surface area is 169 Å². The lowest BCUT2D eigenvalue weighted by atomic mass is 10.2. The molecule has 0 atom stereocenters. The van der Waals surface area contributed by atoms with Crippen LogP contribution in [0.1, 0.15) is 5.56 Å². The van der Waals surface area contributed by atoms with Crippen molar-refractivity contribution in [1.29, 1.82) is 0 Å². The van der Waals surface area contributed by atoms with E-state index in [4.69, 9.17) is 0 Å². The van der Waals surface area contributed by atoms with Gasteiger partial charge >= 0.3 is 0 Å². The van der Waals surface area contributed by atoms with Gasteiger partial charge < -0.3 is 5.32 Å². The Balaban J connectivity index is 1.70. The summed E-state index contributed by atoms with van der Waals surface area (Å²) >= 11 is 3.10. The molecule has 7 nitrogen and oxygen atoms in total. The minimum absolute atomic E-state index is 0.231. The number of benzene rings is 2. The fraction of sp³-hybridized carbons (Fsp3) is 0.0526. The van der Waals surface area contributed by atoms with Gasteiger partial charge in [0.15, 0.2) is 0 Å². The molecule has 2 N–H and O–H groups in total. The van der Waals surface area contributed by atoms with Crippen LogP contribution in [-0.4, -0.2) is 22.4 Å². The van der Waals surface area contributed by atoms with Gasteiger partial charge in [0, 0.05) is 17.3 Å². The monoisotopic (exact) mass is 458 g/mol. The van der Waals surface area contributed by atoms with Gasteiger partial charge in [0.2, 0.25) is 5.95 Å². The van der Waals surface area contributed by atoms with Gasteiger partial charge in [-0.3, -0.25) is 9.78 Å². The quantitative estimate of drug-likeness (QED) is 0.484. The summed E-state index contributed by atoms with van der Waals surface area (Å²) in [6.07, 6.45) is 2.94. The van der Waals surface area contributed by atoms with Crippen molar-refractivity contribution in [3.8, 4) is 0 Å². The zero-order chi connectivity index (χ0) is 19.9. The van der Waals surface area contributed by atoms with E-state index in [9.17, 15) is 13.2 Å². The number of fused-ring (bicyclic) bond motifs is 1. The Kier molecular flexibility index (Phi) is 4.56. The predicted octanol–water partition coefficient (Wildman–Crippen LogP) is 3.78. The molecule has 4 aromatic rings. The number of anilines is 2. The van der Waals surface area contributed by atoms with Crippen molar-refractivity contribution in [2.75, 3.05) is 5.32 Å². The molecule has 0 aliphatic heterocycles. The smallest absolute Gasteiger partial charge is 0.268 e. The SMILES string of the molecule is Cc1ccc(S(=O)(=O)n2ccc3cc(Nc4ncc(Br)c(=O)[nH]4)ccc32)cc1. The first kappa shape index (κ1) is 18.5. The van der Waals surface area contributed by atoms with Gasteiger partial charge in [0.1, 0.15) is 4.47 Å². The lowest BCUT2D eigenvalue weighted by Crippen LogP contribution is -2.12. The van der Waals surface area contributed by atoms with Crippen LogP contribution in [0.25, 0.3) is 10.9 Å². The highest BCUT2D eigenvalue weighted by molar-refractivity contribution is 9.10. The van der Waals surface area contributed by atoms with Gasteiger partial charge in [-0.25, -0.2) is 17.4 Å². The van der Waals surface area contributed by atoms with Crippen molar-refractivity contribution >= 4 is 48.5 Å². The zero-order valence-corrected chi connectivity index (χ0v) is 17.1. The van der Waals surface area contributed by atoms with Crippen molar-refractivity contribution in [2.24, 2.45) is 0 Å². The summed E-state index contributed by atoms with van der Waals surface area (Å²) in [5.41, 5.74) is 1.92. The molecule has 0 radical (unpaired) electrons. The van der Waals surface area contributed by atoms with Crippen molar-refractivity contribution in [3.63, 3.8) is 0 Å². The Morgan fingerprint density at radius 1 is 1.11 bits per heavy atom. The van der Waals surface area contributed by atoms with E-state index in [1.165, 1.54) is 16.4 Å². The number of hydrogen-bond acceptors (Lipinski definition) is 5. The number of nitrogens with one attached hydrogen (secondary N) is 2. The molecular formula is C19H15BrN4O3S. The van der Waals surface area contributed by atoms with Crippen LogP contribution in [-0.2, 0) is 10.0 Å². The highest BCUT2D eigenvalue weighted by Crippen LogP contribution is 2.26. The first-order valence-electron chi connectivity index (χ1n) is 8.30. The zero-order valence-electron chi connectivity index (χ0n) is 14.7. The minimum Gasteiger partial charge on any atom is -0.326 e. The Morgan fingerprint density at radius 3 is 2.57 bits per heavy atom. The minimum atomic E-state index is -3.69. The molecule has 0 unspecified atom stereocenters. The molecule has 0 fully saturated rings. The largest absolute Gasteiger partial charge is 0.326 e. The topological polar surface area (TPSA) is 96.8 Å². The first-order valence-corrected chi connectivity index (χ1v) is 10.5. The number of aromatic nitrogens is 3. The van der Waals surface area contributed by atoms with Crippen LogP contribution in [0.2, 0.25) is 0 Å². The second-order valence-electron chi connectivity index (χ2n) is 6.24. The number of hydrogen-bond donors (Lipinski definition) is 2. The molecule has 0 aliphatic carbocycles. The van der Waals surface area contributed by atoms with Crippen LogP contribution in [0.3, 0.4) is 0 Å². The van der Waals surface area contributed by atoms with Crippen LogP contribution >= 0.6 is 15.9 Å². The molecule has 0 spiro atoms. The molecule has 0 bridgehead atoms. The van der Waals surface area contributed by atoms with Crippen LogP contribution in [0.4, 0.5) is 11.6 Å². The van der Waals surface area contributed by atoms with Crippen molar-refractivity contribution in [2.45, 2.75) is 11.8 Å². The van der Waals surface area contributed by atoms with E-state index in [2.05, 4.69) is 31.2 Å². The summed E-state index contributed by atoms with van der Waals surface area (Å²) in [6, 6.07) is 13.7. The maximum Gasteiger partial charge on any atom is 0.268 e. The first-order chi connectivity index (χ1) is 13.3. The van der Waals surface area contributed by atoms with Crippen molar-refractivity contribution in [1.82, 2.24) is 13.9 Å². The highest BCUT2D eigenvalue weighted by atomic mass is 79.9. The van der Waals surface area contributed by atoms with Gasteiger partial charge in [-0.2, -0.15) is 0 Å². The van der Waals surface area contributed by atoms with E-state index in [0.717, 1.165) is 10.9 Å². The summed E-state index contributed by atoms with van der Waals surface area (Å²) in [5, 5.41) is 3.74. The molecule has 0 saturated carbocycles.